The molecule has 11 heteroatoms. The van der Waals surface area contributed by atoms with E-state index in [1.807, 2.05) is 30.3 Å². The van der Waals surface area contributed by atoms with Crippen molar-refractivity contribution in [2.45, 2.75) is 12.3 Å². The summed E-state index contributed by atoms with van der Waals surface area (Å²) >= 11 is 0. The number of amides is 2. The first-order valence-corrected chi connectivity index (χ1v) is 12.6. The van der Waals surface area contributed by atoms with E-state index in [4.69, 9.17) is 4.74 Å². The fourth-order valence-corrected chi connectivity index (χ4v) is 5.13. The third kappa shape index (κ3) is 4.94. The molecule has 0 aliphatic carbocycles. The second kappa shape index (κ2) is 9.11. The Bertz CT molecular complexity index is 1530. The van der Waals surface area contributed by atoms with Crippen molar-refractivity contribution in [2.75, 3.05) is 16.6 Å². The third-order valence-electron chi connectivity index (χ3n) is 5.35. The fourth-order valence-electron chi connectivity index (χ4n) is 3.78. The molecule has 2 aromatic heterocycles. The zero-order chi connectivity index (χ0) is 24.4. The Labute approximate surface area is 201 Å². The number of hydrogen-bond acceptors (Lipinski definition) is 6. The van der Waals surface area contributed by atoms with Crippen LogP contribution in [0.3, 0.4) is 0 Å². The summed E-state index contributed by atoms with van der Waals surface area (Å²) in [5.41, 5.74) is 3.69. The van der Waals surface area contributed by atoms with E-state index in [1.54, 1.807) is 24.4 Å². The molecule has 178 valence electrons. The lowest BCUT2D eigenvalue weighted by atomic mass is 10.1. The number of rotatable bonds is 7. The molecule has 35 heavy (non-hydrogen) atoms. The van der Waals surface area contributed by atoms with Crippen LogP contribution in [0.4, 0.5) is 11.4 Å². The molecule has 1 unspecified atom stereocenters. The number of hydrogen-bond donors (Lipinski definition) is 4. The normalized spacial score (nSPS) is 14.3. The van der Waals surface area contributed by atoms with Crippen LogP contribution in [-0.2, 0) is 26.8 Å². The number of aromatic amines is 1. The molecule has 0 bridgehead atoms. The van der Waals surface area contributed by atoms with Crippen LogP contribution >= 0.6 is 0 Å². The minimum absolute atomic E-state index is 0.0188. The number of carbonyl (C=O) groups is 2. The van der Waals surface area contributed by atoms with Gasteiger partial charge < -0.3 is 25.1 Å². The maximum absolute atomic E-state index is 13.1. The zero-order valence-electron chi connectivity index (χ0n) is 18.5. The van der Waals surface area contributed by atoms with Gasteiger partial charge in [0.05, 0.1) is 22.6 Å². The second-order valence-corrected chi connectivity index (χ2v) is 10.2. The highest BCUT2D eigenvalue weighted by atomic mass is 32.2. The van der Waals surface area contributed by atoms with Gasteiger partial charge in [-0.2, -0.15) is 0 Å². The van der Waals surface area contributed by atoms with Crippen molar-refractivity contribution in [3.8, 4) is 5.75 Å². The first kappa shape index (κ1) is 22.4. The lowest BCUT2D eigenvalue weighted by Gasteiger charge is -2.18. The average molecular weight is 491 g/mol. The van der Waals surface area contributed by atoms with Crippen LogP contribution < -0.4 is 20.1 Å². The van der Waals surface area contributed by atoms with Gasteiger partial charge in [-0.05, 0) is 29.1 Å². The zero-order valence-corrected chi connectivity index (χ0v) is 19.4. The van der Waals surface area contributed by atoms with Crippen molar-refractivity contribution in [2.24, 2.45) is 0 Å². The van der Waals surface area contributed by atoms with Crippen LogP contribution in [0.5, 0.6) is 5.75 Å². The number of carbonyl (C=O) groups excluding carboxylic acids is 2. The first-order chi connectivity index (χ1) is 16.9. The Morgan fingerprint density at radius 2 is 1.97 bits per heavy atom. The van der Waals surface area contributed by atoms with E-state index in [2.05, 4.69) is 36.2 Å². The molecule has 2 aromatic carbocycles. The molecule has 10 nitrogen and oxygen atoms in total. The Kier molecular flexibility index (Phi) is 5.83. The second-order valence-electron chi connectivity index (χ2n) is 8.04. The molecular formula is C24H22N6O4S. The molecule has 4 N–H and O–H groups in total. The van der Waals surface area contributed by atoms with Gasteiger partial charge in [0.1, 0.15) is 17.6 Å². The van der Waals surface area contributed by atoms with E-state index in [0.29, 0.717) is 28.2 Å². The van der Waals surface area contributed by atoms with Gasteiger partial charge in [0, 0.05) is 22.4 Å². The van der Waals surface area contributed by atoms with Gasteiger partial charge in [-0.15, -0.1) is 0 Å². The predicted octanol–water partition coefficient (Wildman–Crippen LogP) is 2.46. The maximum atomic E-state index is 13.1. The topological polar surface area (TPSA) is 138 Å². The molecular weight excluding hydrogens is 468 g/mol. The number of nitrogens with zero attached hydrogens (tertiary/aromatic N) is 2. The van der Waals surface area contributed by atoms with E-state index in [1.165, 1.54) is 6.33 Å². The number of anilines is 2. The van der Waals surface area contributed by atoms with Crippen molar-refractivity contribution in [3.63, 3.8) is 0 Å². The number of fused-ring (bicyclic) bond motifs is 2. The smallest absolute Gasteiger partial charge is 0.272 e. The van der Waals surface area contributed by atoms with Gasteiger partial charge in [0.25, 0.3) is 11.8 Å². The number of H-pyrrole nitrogens is 1. The summed E-state index contributed by atoms with van der Waals surface area (Å²) in [6, 6.07) is 14.7. The highest BCUT2D eigenvalue weighted by Gasteiger charge is 2.19. The Hall–Kier alpha value is -4.38. The Balaban J connectivity index is 1.31. The molecule has 1 atom stereocenters. The number of ether oxygens (including phenoxy) is 1. The Morgan fingerprint density at radius 1 is 1.14 bits per heavy atom. The highest BCUT2D eigenvalue weighted by molar-refractivity contribution is 8.00. The standard InChI is InChI=1S/C24H22N6O4S/c1-35(33,13-15-5-3-2-4-6-15)30-18-11-25-22-21(18)27-14-28-23(22)24(32)26-10-16-7-8-19-17(9-16)29-20(31)12-34-19/h2-9,11,14,25H,1,10,12-13H2,(H,26,32)(H,29,31)(H,30,33). The van der Waals surface area contributed by atoms with E-state index in [9.17, 15) is 13.8 Å². The molecule has 0 fully saturated rings. The van der Waals surface area contributed by atoms with Gasteiger partial charge in [-0.25, -0.2) is 14.2 Å². The number of aromatic nitrogens is 3. The largest absolute Gasteiger partial charge is 0.482 e. The quantitative estimate of drug-likeness (QED) is 0.294. The summed E-state index contributed by atoms with van der Waals surface area (Å²) in [6.45, 7) is 0.193. The minimum Gasteiger partial charge on any atom is -0.482 e. The summed E-state index contributed by atoms with van der Waals surface area (Å²) in [5.74, 6) is 4.03. The van der Waals surface area contributed by atoms with Crippen molar-refractivity contribution in [1.29, 1.82) is 0 Å². The van der Waals surface area contributed by atoms with Crippen molar-refractivity contribution >= 4 is 49.8 Å². The lowest BCUT2D eigenvalue weighted by Crippen LogP contribution is -2.26. The molecule has 1 aliphatic rings. The highest BCUT2D eigenvalue weighted by Crippen LogP contribution is 2.28. The van der Waals surface area contributed by atoms with Crippen molar-refractivity contribution in [1.82, 2.24) is 20.3 Å². The molecule has 3 heterocycles. The van der Waals surface area contributed by atoms with Crippen molar-refractivity contribution in [3.05, 3.63) is 77.9 Å². The van der Waals surface area contributed by atoms with Gasteiger partial charge in [-0.3, -0.25) is 9.59 Å². The van der Waals surface area contributed by atoms with Gasteiger partial charge in [0.15, 0.2) is 12.3 Å². The summed E-state index contributed by atoms with van der Waals surface area (Å²) in [6.07, 6.45) is 2.88. The maximum Gasteiger partial charge on any atom is 0.272 e. The van der Waals surface area contributed by atoms with E-state index < -0.39 is 15.6 Å². The molecule has 4 aromatic rings. The van der Waals surface area contributed by atoms with E-state index in [0.717, 1.165) is 11.1 Å². The monoisotopic (exact) mass is 490 g/mol. The molecule has 0 spiro atoms. The molecule has 2 amide bonds. The van der Waals surface area contributed by atoms with Crippen LogP contribution in [0.15, 0.2) is 61.1 Å². The first-order valence-electron chi connectivity index (χ1n) is 10.7. The van der Waals surface area contributed by atoms with E-state index in [-0.39, 0.29) is 30.5 Å². The summed E-state index contributed by atoms with van der Waals surface area (Å²) in [5, 5.41) is 5.57. The Morgan fingerprint density at radius 3 is 2.80 bits per heavy atom. The van der Waals surface area contributed by atoms with Crippen LogP contribution in [0.2, 0.25) is 0 Å². The number of benzene rings is 2. The van der Waals surface area contributed by atoms with Crippen molar-refractivity contribution < 1.29 is 18.5 Å². The fraction of sp³-hybridized carbons (Fsp3) is 0.125. The SMILES string of the molecule is C=S(=O)(Cc1ccccc1)Nc1c[nH]c2c(C(=O)NCc3ccc4c(c3)NC(=O)CO4)ncnc12. The molecule has 0 saturated carbocycles. The third-order valence-corrected chi connectivity index (χ3v) is 6.74. The summed E-state index contributed by atoms with van der Waals surface area (Å²) < 4.78 is 21.4. The summed E-state index contributed by atoms with van der Waals surface area (Å²) in [7, 11) is -2.71. The predicted molar refractivity (Wildman–Crippen MR) is 135 cm³/mol. The number of nitrogens with one attached hydrogen (secondary N) is 4. The van der Waals surface area contributed by atoms with Crippen LogP contribution in [0, 0.1) is 0 Å². The molecule has 1 aliphatic heterocycles. The van der Waals surface area contributed by atoms with Gasteiger partial charge in [-0.1, -0.05) is 36.4 Å². The van der Waals surface area contributed by atoms with Crippen LogP contribution in [0.25, 0.3) is 11.0 Å². The molecule has 0 radical (unpaired) electrons. The van der Waals surface area contributed by atoms with Gasteiger partial charge >= 0.3 is 0 Å². The van der Waals surface area contributed by atoms with E-state index >= 15 is 0 Å². The lowest BCUT2D eigenvalue weighted by molar-refractivity contribution is -0.118. The minimum atomic E-state index is -2.71. The van der Waals surface area contributed by atoms with Crippen LogP contribution in [-0.4, -0.2) is 43.5 Å². The molecule has 5 rings (SSSR count). The van der Waals surface area contributed by atoms with Gasteiger partial charge in [0.2, 0.25) is 0 Å². The van der Waals surface area contributed by atoms with Crippen LogP contribution in [0.1, 0.15) is 21.6 Å². The average Bonchev–Trinajstić information content (AvgIpc) is 3.24. The molecule has 0 saturated heterocycles. The summed E-state index contributed by atoms with van der Waals surface area (Å²) in [4.78, 5) is 35.8.